The van der Waals surface area contributed by atoms with Crippen molar-refractivity contribution < 1.29 is 37.0 Å². The molecular formula is C32H26F3N3O6S2. The van der Waals surface area contributed by atoms with Crippen molar-refractivity contribution in [3.63, 3.8) is 0 Å². The van der Waals surface area contributed by atoms with E-state index in [0.29, 0.717) is 5.56 Å². The first-order chi connectivity index (χ1) is 22.0. The van der Waals surface area contributed by atoms with Gasteiger partial charge in [-0.05, 0) is 42.1 Å². The highest BCUT2D eigenvalue weighted by molar-refractivity contribution is 7.17. The fraction of sp³-hybridized carbons (Fsp3) is 0.219. The molecule has 46 heavy (non-hydrogen) atoms. The average molecular weight is 670 g/mol. The standard InChI is InChI=1S/C32H26F3N3O6S2/c1-2-43-31(42)28-21(25-9-6-14-45-25)18-46-29(28)37-26(39)17-44-27(40)13-11-22-30(41)38(16-19-7-4-3-5-8-19)24-12-10-20(32(33,34)35)15-23(24)36-22/h3-10,12,14-15,18H,2,11,13,16-17H2,1H3,(H,37,39). The van der Waals surface area contributed by atoms with Gasteiger partial charge in [-0.3, -0.25) is 14.4 Å². The maximum absolute atomic E-state index is 13.4. The van der Waals surface area contributed by atoms with Crippen molar-refractivity contribution in [2.24, 2.45) is 0 Å². The predicted octanol–water partition coefficient (Wildman–Crippen LogP) is 6.54. The van der Waals surface area contributed by atoms with Gasteiger partial charge in [-0.15, -0.1) is 22.7 Å². The Morgan fingerprint density at radius 1 is 1.00 bits per heavy atom. The molecule has 5 rings (SSSR count). The second kappa shape index (κ2) is 14.1. The third-order valence-corrected chi connectivity index (χ3v) is 8.56. The molecule has 238 valence electrons. The lowest BCUT2D eigenvalue weighted by Gasteiger charge is -2.14. The van der Waals surface area contributed by atoms with E-state index >= 15 is 0 Å². The molecule has 0 unspecified atom stereocenters. The smallest absolute Gasteiger partial charge is 0.416 e. The molecule has 2 aromatic carbocycles. The number of anilines is 1. The van der Waals surface area contributed by atoms with Crippen LogP contribution in [0.5, 0.6) is 0 Å². The summed E-state index contributed by atoms with van der Waals surface area (Å²) in [5.74, 6) is -2.14. The molecule has 3 heterocycles. The molecule has 0 saturated carbocycles. The first-order valence-electron chi connectivity index (χ1n) is 14.0. The van der Waals surface area contributed by atoms with Crippen molar-refractivity contribution in [2.45, 2.75) is 32.5 Å². The van der Waals surface area contributed by atoms with Crippen molar-refractivity contribution in [1.29, 1.82) is 0 Å². The van der Waals surface area contributed by atoms with Gasteiger partial charge in [0.25, 0.3) is 11.5 Å². The van der Waals surface area contributed by atoms with Gasteiger partial charge in [0, 0.05) is 22.2 Å². The molecule has 0 aliphatic heterocycles. The number of hydrogen-bond acceptors (Lipinski definition) is 9. The Balaban J connectivity index is 1.29. The lowest BCUT2D eigenvalue weighted by atomic mass is 10.1. The average Bonchev–Trinajstić information content (AvgIpc) is 3.71. The molecule has 0 aliphatic rings. The van der Waals surface area contributed by atoms with Crippen LogP contribution in [0.1, 0.15) is 40.5 Å². The topological polar surface area (TPSA) is 117 Å². The van der Waals surface area contributed by atoms with Crippen LogP contribution in [0.3, 0.4) is 0 Å². The fourth-order valence-electron chi connectivity index (χ4n) is 4.63. The molecule has 1 N–H and O–H groups in total. The van der Waals surface area contributed by atoms with Crippen LogP contribution in [-0.4, -0.2) is 40.6 Å². The van der Waals surface area contributed by atoms with E-state index in [1.807, 2.05) is 17.5 Å². The molecule has 3 aromatic heterocycles. The number of aryl methyl sites for hydroxylation is 1. The maximum Gasteiger partial charge on any atom is 0.416 e. The van der Waals surface area contributed by atoms with Crippen LogP contribution < -0.4 is 10.9 Å². The summed E-state index contributed by atoms with van der Waals surface area (Å²) in [6.45, 7) is 1.20. The van der Waals surface area contributed by atoms with E-state index in [1.165, 1.54) is 22.0 Å². The van der Waals surface area contributed by atoms with Crippen LogP contribution in [0.2, 0.25) is 0 Å². The number of amides is 1. The first kappa shape index (κ1) is 32.6. The largest absolute Gasteiger partial charge is 0.462 e. The molecule has 0 atom stereocenters. The Hall–Kier alpha value is -4.82. The summed E-state index contributed by atoms with van der Waals surface area (Å²) < 4.78 is 51.9. The fourth-order valence-corrected chi connectivity index (χ4v) is 6.42. The molecule has 14 heteroatoms. The minimum atomic E-state index is -4.62. The number of alkyl halides is 3. The number of hydrogen-bond donors (Lipinski definition) is 1. The summed E-state index contributed by atoms with van der Waals surface area (Å²) in [5.41, 5.74) is 0.0909. The second-order valence-electron chi connectivity index (χ2n) is 9.90. The number of carbonyl (C=O) groups excluding carboxylic acids is 3. The number of rotatable bonds is 11. The van der Waals surface area contributed by atoms with E-state index in [9.17, 15) is 32.3 Å². The van der Waals surface area contributed by atoms with Gasteiger partial charge in [0.05, 0.1) is 36.2 Å². The molecule has 5 aromatic rings. The molecule has 0 radical (unpaired) electrons. The van der Waals surface area contributed by atoms with Crippen molar-refractivity contribution in [3.05, 3.63) is 104 Å². The zero-order chi connectivity index (χ0) is 32.8. The number of benzene rings is 2. The molecular weight excluding hydrogens is 643 g/mol. The van der Waals surface area contributed by atoms with Gasteiger partial charge >= 0.3 is 18.1 Å². The second-order valence-corrected chi connectivity index (χ2v) is 11.7. The number of carbonyl (C=O) groups is 3. The van der Waals surface area contributed by atoms with Gasteiger partial charge in [-0.1, -0.05) is 36.4 Å². The lowest BCUT2D eigenvalue weighted by Crippen LogP contribution is -2.27. The SMILES string of the molecule is CCOC(=O)c1c(-c2cccs2)csc1NC(=O)COC(=O)CCc1nc2cc(C(F)(F)F)ccc2n(Cc2ccccc2)c1=O. The summed E-state index contributed by atoms with van der Waals surface area (Å²) in [6, 6.07) is 15.5. The van der Waals surface area contributed by atoms with Crippen LogP contribution in [0.15, 0.2) is 76.2 Å². The third-order valence-electron chi connectivity index (χ3n) is 6.76. The Morgan fingerprint density at radius 2 is 1.78 bits per heavy atom. The summed E-state index contributed by atoms with van der Waals surface area (Å²) in [5, 5.41) is 6.40. The molecule has 0 saturated heterocycles. The van der Waals surface area contributed by atoms with Crippen LogP contribution in [0.25, 0.3) is 21.5 Å². The molecule has 0 aliphatic carbocycles. The van der Waals surface area contributed by atoms with E-state index in [-0.39, 0.29) is 53.3 Å². The maximum atomic E-state index is 13.4. The monoisotopic (exact) mass is 669 g/mol. The number of nitrogens with one attached hydrogen (secondary N) is 1. The minimum absolute atomic E-state index is 0.0524. The van der Waals surface area contributed by atoms with Crippen LogP contribution >= 0.6 is 22.7 Å². The first-order valence-corrected chi connectivity index (χ1v) is 15.7. The minimum Gasteiger partial charge on any atom is -0.462 e. The zero-order valence-corrected chi connectivity index (χ0v) is 25.9. The number of nitrogens with zero attached hydrogens (tertiary/aromatic N) is 2. The van der Waals surface area contributed by atoms with Gasteiger partial charge in [0.15, 0.2) is 6.61 Å². The van der Waals surface area contributed by atoms with Gasteiger partial charge in [-0.2, -0.15) is 13.2 Å². The van der Waals surface area contributed by atoms with E-state index < -0.39 is 41.8 Å². The van der Waals surface area contributed by atoms with Gasteiger partial charge in [0.1, 0.15) is 16.3 Å². The number of ether oxygens (including phenoxy) is 2. The van der Waals surface area contributed by atoms with Gasteiger partial charge in [0.2, 0.25) is 0 Å². The highest BCUT2D eigenvalue weighted by Gasteiger charge is 2.31. The molecule has 0 fully saturated rings. The number of thiophene rings is 2. The van der Waals surface area contributed by atoms with Gasteiger partial charge < -0.3 is 19.4 Å². The van der Waals surface area contributed by atoms with Crippen molar-refractivity contribution in [3.8, 4) is 10.4 Å². The Bertz CT molecular complexity index is 1940. The summed E-state index contributed by atoms with van der Waals surface area (Å²) in [4.78, 5) is 56.3. The van der Waals surface area contributed by atoms with Crippen molar-refractivity contribution >= 4 is 56.6 Å². The van der Waals surface area contributed by atoms with E-state index in [2.05, 4.69) is 10.3 Å². The Labute approximate surface area is 268 Å². The number of aromatic nitrogens is 2. The van der Waals surface area contributed by atoms with E-state index in [0.717, 1.165) is 33.9 Å². The van der Waals surface area contributed by atoms with Gasteiger partial charge in [-0.25, -0.2) is 9.78 Å². The van der Waals surface area contributed by atoms with Crippen molar-refractivity contribution in [1.82, 2.24) is 9.55 Å². The third kappa shape index (κ3) is 7.51. The zero-order valence-electron chi connectivity index (χ0n) is 24.3. The van der Waals surface area contributed by atoms with Crippen molar-refractivity contribution in [2.75, 3.05) is 18.5 Å². The quantitative estimate of drug-likeness (QED) is 0.159. The van der Waals surface area contributed by atoms with Crippen LogP contribution in [0.4, 0.5) is 18.2 Å². The highest BCUT2D eigenvalue weighted by atomic mass is 32.1. The van der Waals surface area contributed by atoms with E-state index in [4.69, 9.17) is 9.47 Å². The van der Waals surface area contributed by atoms with Crippen LogP contribution in [-0.2, 0) is 38.2 Å². The summed E-state index contributed by atoms with van der Waals surface area (Å²) >= 11 is 2.54. The number of esters is 2. The predicted molar refractivity (Wildman–Crippen MR) is 168 cm³/mol. The number of halogens is 3. The molecule has 0 bridgehead atoms. The summed E-state index contributed by atoms with van der Waals surface area (Å²) in [7, 11) is 0. The molecule has 1 amide bonds. The van der Waals surface area contributed by atoms with E-state index in [1.54, 1.807) is 42.6 Å². The highest BCUT2D eigenvalue weighted by Crippen LogP contribution is 2.38. The molecule has 0 spiro atoms. The Kier molecular flexibility index (Phi) is 9.97. The normalized spacial score (nSPS) is 11.4. The van der Waals surface area contributed by atoms with Crippen LogP contribution in [0, 0.1) is 0 Å². The number of fused-ring (bicyclic) bond motifs is 1. The summed E-state index contributed by atoms with van der Waals surface area (Å²) in [6.07, 6.45) is -5.21. The lowest BCUT2D eigenvalue weighted by molar-refractivity contribution is -0.147. The Morgan fingerprint density at radius 3 is 2.48 bits per heavy atom. The molecule has 9 nitrogen and oxygen atoms in total.